The van der Waals surface area contributed by atoms with Crippen molar-refractivity contribution in [2.45, 2.75) is 0 Å². The van der Waals surface area contributed by atoms with Gasteiger partial charge in [0.1, 0.15) is 0 Å². The van der Waals surface area contributed by atoms with Gasteiger partial charge in [-0.25, -0.2) is 48.3 Å². The molecule has 0 saturated carbocycles. The molecule has 0 radical (unpaired) electrons. The van der Waals surface area contributed by atoms with Gasteiger partial charge in [0.2, 0.25) is 40.7 Å². The molecule has 0 unspecified atom stereocenters. The van der Waals surface area contributed by atoms with E-state index in [1.165, 1.54) is 0 Å². The Morgan fingerprint density at radius 1 is 0.360 bits per heavy atom. The zero-order valence-corrected chi connectivity index (χ0v) is 11.4. The highest BCUT2D eigenvalue weighted by molar-refractivity contribution is 5.49. The van der Waals surface area contributed by atoms with Crippen LogP contribution in [0.3, 0.4) is 0 Å². The van der Waals surface area contributed by atoms with Gasteiger partial charge in [0.25, 0.3) is 0 Å². The van der Waals surface area contributed by atoms with Crippen molar-refractivity contribution < 1.29 is 48.3 Å². The third-order valence-corrected chi connectivity index (χ3v) is 2.60. The molecule has 0 amide bonds. The normalized spacial score (nSPS) is 10.4. The molecule has 11 heteroatoms. The van der Waals surface area contributed by atoms with Gasteiger partial charge < -0.3 is 0 Å². The lowest BCUT2D eigenvalue weighted by molar-refractivity contribution is 0.334. The highest BCUT2D eigenvalue weighted by atomic mass is 19.2. The molecule has 25 heavy (non-hydrogen) atoms. The van der Waals surface area contributed by atoms with E-state index in [4.69, 9.17) is 0 Å². The molecule has 0 N–H and O–H groups in total. The Balaban J connectivity index is 0.000000251. The number of hydrogen-bond acceptors (Lipinski definition) is 0. The van der Waals surface area contributed by atoms with Gasteiger partial charge in [0.05, 0.1) is 5.56 Å². The second-order valence-electron chi connectivity index (χ2n) is 4.07. The van der Waals surface area contributed by atoms with Crippen LogP contribution < -0.4 is 0 Å². The molecular weight excluding hydrogens is 377 g/mol. The minimum Gasteiger partial charge on any atom is -0.203 e. The average Bonchev–Trinajstić information content (AvgIpc) is 2.61. The van der Waals surface area contributed by atoms with Gasteiger partial charge in [-0.05, 0) is 0 Å². The fourth-order valence-corrected chi connectivity index (χ4v) is 1.38. The first-order chi connectivity index (χ1) is 11.5. The van der Waals surface area contributed by atoms with Crippen molar-refractivity contribution in [1.82, 2.24) is 0 Å². The van der Waals surface area contributed by atoms with Crippen molar-refractivity contribution in [2.75, 3.05) is 0 Å². The highest BCUT2D eigenvalue weighted by Gasteiger charge is 2.25. The van der Waals surface area contributed by atoms with Crippen LogP contribution in [0, 0.1) is 64.0 Å². The Kier molecular flexibility index (Phi) is 6.16. The first-order valence-electron chi connectivity index (χ1n) is 5.78. The molecule has 0 aliphatic heterocycles. The van der Waals surface area contributed by atoms with E-state index in [0.29, 0.717) is 6.08 Å². The molecule has 0 aliphatic rings. The van der Waals surface area contributed by atoms with Crippen LogP contribution in [0.1, 0.15) is 5.56 Å². The Morgan fingerprint density at radius 2 is 0.520 bits per heavy atom. The summed E-state index contributed by atoms with van der Waals surface area (Å²) < 4.78 is 135. The molecule has 0 fully saturated rings. The predicted octanol–water partition coefficient (Wildman–Crippen LogP) is 5.55. The lowest BCUT2D eigenvalue weighted by Crippen LogP contribution is -2.04. The highest BCUT2D eigenvalue weighted by Crippen LogP contribution is 2.23. The van der Waals surface area contributed by atoms with E-state index in [9.17, 15) is 48.3 Å². The van der Waals surface area contributed by atoms with E-state index in [0.717, 1.165) is 0 Å². The molecule has 0 atom stereocenters. The Morgan fingerprint density at radius 3 is 0.680 bits per heavy atom. The van der Waals surface area contributed by atoms with Crippen molar-refractivity contribution in [3.05, 3.63) is 76.1 Å². The van der Waals surface area contributed by atoms with Gasteiger partial charge in [-0.15, -0.1) is 0 Å². The number of hydrogen-bond donors (Lipinski definition) is 0. The van der Waals surface area contributed by atoms with E-state index in [2.05, 4.69) is 6.58 Å². The summed E-state index contributed by atoms with van der Waals surface area (Å²) in [6.45, 7) is 2.93. The molecule has 2 aromatic carbocycles. The van der Waals surface area contributed by atoms with E-state index in [1.807, 2.05) is 0 Å². The maximum Gasteiger partial charge on any atom is 0.200 e. The SMILES string of the molecule is C=Cc1c(F)c(F)c(F)c(F)c1F.Fc1c(F)c(F)c(F)c(F)c1F. The van der Waals surface area contributed by atoms with Gasteiger partial charge in [-0.3, -0.25) is 0 Å². The number of halogens is 11. The molecule has 136 valence electrons. The van der Waals surface area contributed by atoms with Crippen LogP contribution in [0.4, 0.5) is 48.3 Å². The first-order valence-corrected chi connectivity index (χ1v) is 5.78. The van der Waals surface area contributed by atoms with Gasteiger partial charge in [0, 0.05) is 0 Å². The Labute approximate surface area is 131 Å². The first kappa shape index (κ1) is 20.5. The smallest absolute Gasteiger partial charge is 0.200 e. The average molecular weight is 380 g/mol. The minimum atomic E-state index is -2.37. The van der Waals surface area contributed by atoms with Gasteiger partial charge in [-0.1, -0.05) is 12.7 Å². The second kappa shape index (κ2) is 7.53. The molecule has 0 spiro atoms. The van der Waals surface area contributed by atoms with Crippen LogP contribution in [-0.4, -0.2) is 0 Å². The van der Waals surface area contributed by atoms with Crippen LogP contribution in [0.2, 0.25) is 0 Å². The van der Waals surface area contributed by atoms with Crippen LogP contribution in [0.25, 0.3) is 6.08 Å². The lowest BCUT2D eigenvalue weighted by atomic mass is 10.1. The number of rotatable bonds is 1. The van der Waals surface area contributed by atoms with Gasteiger partial charge in [0.15, 0.2) is 23.3 Å². The largest absolute Gasteiger partial charge is 0.203 e. The number of benzene rings is 2. The summed E-state index contributed by atoms with van der Waals surface area (Å²) in [6, 6.07) is 0. The second-order valence-corrected chi connectivity index (χ2v) is 4.07. The molecule has 0 bridgehead atoms. The van der Waals surface area contributed by atoms with Crippen molar-refractivity contribution >= 4 is 6.08 Å². The third-order valence-electron chi connectivity index (χ3n) is 2.60. The van der Waals surface area contributed by atoms with Crippen LogP contribution in [0.15, 0.2) is 6.58 Å². The van der Waals surface area contributed by atoms with E-state index >= 15 is 0 Å². The predicted molar refractivity (Wildman–Crippen MR) is 62.5 cm³/mol. The van der Waals surface area contributed by atoms with Gasteiger partial charge >= 0.3 is 0 Å². The molecule has 0 aliphatic carbocycles. The Bertz CT molecular complexity index is 708. The van der Waals surface area contributed by atoms with Crippen molar-refractivity contribution in [2.24, 2.45) is 0 Å². The van der Waals surface area contributed by atoms with E-state index in [1.54, 1.807) is 0 Å². The van der Waals surface area contributed by atoms with Crippen LogP contribution in [-0.2, 0) is 0 Å². The molecule has 2 rings (SSSR count). The quantitative estimate of drug-likeness (QED) is 0.346. The van der Waals surface area contributed by atoms with Crippen LogP contribution in [0.5, 0.6) is 0 Å². The van der Waals surface area contributed by atoms with E-state index < -0.39 is 69.6 Å². The molecule has 0 heterocycles. The molecule has 0 nitrogen and oxygen atoms in total. The monoisotopic (exact) mass is 380 g/mol. The molecule has 2 aromatic rings. The Hall–Kier alpha value is -2.59. The summed E-state index contributed by atoms with van der Waals surface area (Å²) >= 11 is 0. The fourth-order valence-electron chi connectivity index (χ4n) is 1.38. The van der Waals surface area contributed by atoms with Crippen molar-refractivity contribution in [1.29, 1.82) is 0 Å². The summed E-state index contributed by atoms with van der Waals surface area (Å²) in [5, 5.41) is 0. The summed E-state index contributed by atoms with van der Waals surface area (Å²) in [5.41, 5.74) is -1.02. The standard InChI is InChI=1S/C8H3F5.C6F6/c1-2-3-4(9)6(11)8(13)7(12)5(3)10;7-1-2(8)4(10)6(12)5(11)3(1)9/h2H,1H2;. The lowest BCUT2D eigenvalue weighted by Gasteiger charge is -2.02. The minimum absolute atomic E-state index is 0.566. The summed E-state index contributed by atoms with van der Waals surface area (Å²) in [7, 11) is 0. The third kappa shape index (κ3) is 3.59. The zero-order chi connectivity index (χ0) is 19.6. The summed E-state index contributed by atoms with van der Waals surface area (Å²) in [5.74, 6) is -24.0. The summed E-state index contributed by atoms with van der Waals surface area (Å²) in [6.07, 6.45) is 0.566. The maximum atomic E-state index is 12.6. The maximum absolute atomic E-state index is 12.6. The topological polar surface area (TPSA) is 0 Å². The van der Waals surface area contributed by atoms with Gasteiger partial charge in [-0.2, -0.15) is 0 Å². The fraction of sp³-hybridized carbons (Fsp3) is 0. The van der Waals surface area contributed by atoms with Crippen molar-refractivity contribution in [3.8, 4) is 0 Å². The zero-order valence-electron chi connectivity index (χ0n) is 11.4. The summed E-state index contributed by atoms with van der Waals surface area (Å²) in [4.78, 5) is 0. The van der Waals surface area contributed by atoms with E-state index in [-0.39, 0.29) is 0 Å². The van der Waals surface area contributed by atoms with Crippen LogP contribution >= 0.6 is 0 Å². The molecular formula is C14H3F11. The molecule has 0 saturated heterocycles. The van der Waals surface area contributed by atoms with Crippen molar-refractivity contribution in [3.63, 3.8) is 0 Å². The molecule has 0 aromatic heterocycles.